The van der Waals surface area contributed by atoms with E-state index in [4.69, 9.17) is 0 Å². The first-order chi connectivity index (χ1) is 9.84. The highest BCUT2D eigenvalue weighted by molar-refractivity contribution is 7.17. The third-order valence-electron chi connectivity index (χ3n) is 3.45. The van der Waals surface area contributed by atoms with Crippen LogP contribution in [0.1, 0.15) is 5.56 Å². The Morgan fingerprint density at radius 2 is 1.95 bits per heavy atom. The molecule has 3 aromatic heterocycles. The number of aryl methyl sites for hydroxylation is 1. The van der Waals surface area contributed by atoms with Gasteiger partial charge in [0.25, 0.3) is 0 Å². The lowest BCUT2D eigenvalue weighted by Crippen LogP contribution is -1.89. The van der Waals surface area contributed by atoms with Crippen LogP contribution in [0.2, 0.25) is 0 Å². The number of hydrogen-bond donors (Lipinski definition) is 0. The molecule has 0 fully saturated rings. The van der Waals surface area contributed by atoms with E-state index in [9.17, 15) is 0 Å². The first kappa shape index (κ1) is 11.5. The molecule has 0 radical (unpaired) electrons. The fourth-order valence-electron chi connectivity index (χ4n) is 2.53. The highest BCUT2D eigenvalue weighted by Gasteiger charge is 2.12. The Morgan fingerprint density at radius 1 is 1.00 bits per heavy atom. The van der Waals surface area contributed by atoms with Crippen LogP contribution in [0.5, 0.6) is 0 Å². The Kier molecular flexibility index (Phi) is 2.50. The number of fused-ring (bicyclic) bond motifs is 2. The van der Waals surface area contributed by atoms with Crippen molar-refractivity contribution in [2.24, 2.45) is 0 Å². The third-order valence-corrected chi connectivity index (χ3v) is 4.46. The summed E-state index contributed by atoms with van der Waals surface area (Å²) in [5.74, 6) is 0. The van der Waals surface area contributed by atoms with E-state index in [0.29, 0.717) is 0 Å². The van der Waals surface area contributed by atoms with Crippen LogP contribution < -0.4 is 0 Å². The van der Waals surface area contributed by atoms with Crippen LogP contribution in [0.4, 0.5) is 0 Å². The van der Waals surface area contributed by atoms with Crippen molar-refractivity contribution in [2.75, 3.05) is 0 Å². The van der Waals surface area contributed by atoms with Gasteiger partial charge in [-0.3, -0.25) is 4.98 Å². The van der Waals surface area contributed by atoms with Crippen LogP contribution in [0, 0.1) is 6.92 Å². The number of thiophene rings is 1. The van der Waals surface area contributed by atoms with Crippen molar-refractivity contribution in [3.05, 3.63) is 53.8 Å². The third kappa shape index (κ3) is 1.62. The van der Waals surface area contributed by atoms with Crippen LogP contribution in [-0.2, 0) is 0 Å². The fourth-order valence-corrected chi connectivity index (χ4v) is 3.42. The summed E-state index contributed by atoms with van der Waals surface area (Å²) in [5, 5.41) is 4.40. The molecule has 0 spiro atoms. The zero-order valence-corrected chi connectivity index (χ0v) is 11.7. The number of aromatic nitrogens is 3. The molecule has 3 nitrogen and oxygen atoms in total. The Bertz CT molecular complexity index is 922. The maximum atomic E-state index is 4.53. The summed E-state index contributed by atoms with van der Waals surface area (Å²) in [6.07, 6.45) is 3.46. The summed E-state index contributed by atoms with van der Waals surface area (Å²) >= 11 is 1.66. The van der Waals surface area contributed by atoms with Gasteiger partial charge in [0.15, 0.2) is 0 Å². The molecule has 1 aromatic carbocycles. The largest absolute Gasteiger partial charge is 0.256 e. The summed E-state index contributed by atoms with van der Waals surface area (Å²) in [6, 6.07) is 10.2. The van der Waals surface area contributed by atoms with E-state index in [0.717, 1.165) is 32.4 Å². The molecule has 0 bridgehead atoms. The van der Waals surface area contributed by atoms with Crippen LogP contribution in [0.3, 0.4) is 0 Å². The van der Waals surface area contributed by atoms with Gasteiger partial charge in [0, 0.05) is 22.5 Å². The molecule has 0 amide bonds. The predicted molar refractivity (Wildman–Crippen MR) is 82.9 cm³/mol. The molecule has 4 rings (SSSR count). The molecule has 0 aliphatic carbocycles. The molecule has 20 heavy (non-hydrogen) atoms. The van der Waals surface area contributed by atoms with Crippen LogP contribution in [0.15, 0.2) is 48.2 Å². The van der Waals surface area contributed by atoms with Gasteiger partial charge in [0.05, 0.1) is 11.2 Å². The molecule has 0 saturated heterocycles. The quantitative estimate of drug-likeness (QED) is 0.523. The topological polar surface area (TPSA) is 38.7 Å². The summed E-state index contributed by atoms with van der Waals surface area (Å²) in [4.78, 5) is 14.3. The van der Waals surface area contributed by atoms with Crippen molar-refractivity contribution < 1.29 is 0 Å². The molecule has 0 N–H and O–H groups in total. The smallest absolute Gasteiger partial charge is 0.127 e. The number of rotatable bonds is 1. The number of benzene rings is 1. The van der Waals surface area contributed by atoms with Crippen molar-refractivity contribution in [3.8, 4) is 11.3 Å². The van der Waals surface area contributed by atoms with E-state index in [2.05, 4.69) is 39.4 Å². The predicted octanol–water partition coefficient (Wildman–Crippen LogP) is 4.21. The van der Waals surface area contributed by atoms with Crippen molar-refractivity contribution in [1.29, 1.82) is 0 Å². The highest BCUT2D eigenvalue weighted by Crippen LogP contribution is 2.34. The molecular formula is C16H11N3S. The highest BCUT2D eigenvalue weighted by atomic mass is 32.1. The van der Waals surface area contributed by atoms with E-state index < -0.39 is 0 Å². The van der Waals surface area contributed by atoms with Crippen LogP contribution in [-0.4, -0.2) is 15.0 Å². The Hall–Kier alpha value is -2.33. The fraction of sp³-hybridized carbons (Fsp3) is 0.0625. The van der Waals surface area contributed by atoms with Crippen molar-refractivity contribution >= 4 is 32.5 Å². The average molecular weight is 277 g/mol. The van der Waals surface area contributed by atoms with Crippen molar-refractivity contribution in [3.63, 3.8) is 0 Å². The van der Waals surface area contributed by atoms with E-state index >= 15 is 0 Å². The maximum absolute atomic E-state index is 4.53. The average Bonchev–Trinajstić information content (AvgIpc) is 2.88. The van der Waals surface area contributed by atoms with Gasteiger partial charge in [0.1, 0.15) is 11.2 Å². The van der Waals surface area contributed by atoms with Gasteiger partial charge in [-0.05, 0) is 30.0 Å². The first-order valence-electron chi connectivity index (χ1n) is 6.37. The summed E-state index contributed by atoms with van der Waals surface area (Å²) in [7, 11) is 0. The normalized spacial score (nSPS) is 11.2. The maximum Gasteiger partial charge on any atom is 0.127 e. The molecule has 96 valence electrons. The Labute approximate surface area is 120 Å². The molecule has 4 heteroatoms. The molecule has 4 aromatic rings. The lowest BCUT2D eigenvalue weighted by molar-refractivity contribution is 1.23. The minimum Gasteiger partial charge on any atom is -0.256 e. The molecule has 0 aliphatic heterocycles. The number of pyridine rings is 1. The van der Waals surface area contributed by atoms with E-state index in [1.165, 1.54) is 5.56 Å². The second-order valence-corrected chi connectivity index (χ2v) is 5.55. The molecular weight excluding hydrogens is 266 g/mol. The second kappa shape index (κ2) is 4.35. The standard InChI is InChI=1S/C16H11N3S/c1-10-8-20-16-14(10)15(18-9-19-16)12-4-2-6-13-11(12)5-3-7-17-13/h2-9H,1H3. The van der Waals surface area contributed by atoms with E-state index in [-0.39, 0.29) is 0 Å². The van der Waals surface area contributed by atoms with Crippen molar-refractivity contribution in [1.82, 2.24) is 15.0 Å². The minimum atomic E-state index is 0.990. The monoisotopic (exact) mass is 277 g/mol. The summed E-state index contributed by atoms with van der Waals surface area (Å²) in [5.41, 5.74) is 4.32. The molecule has 0 unspecified atom stereocenters. The zero-order valence-electron chi connectivity index (χ0n) is 10.9. The van der Waals surface area contributed by atoms with Gasteiger partial charge in [0.2, 0.25) is 0 Å². The lowest BCUT2D eigenvalue weighted by Gasteiger charge is -2.07. The molecule has 0 aliphatic rings. The van der Waals surface area contributed by atoms with Gasteiger partial charge in [-0.25, -0.2) is 9.97 Å². The first-order valence-corrected chi connectivity index (χ1v) is 7.25. The van der Waals surface area contributed by atoms with Crippen LogP contribution in [0.25, 0.3) is 32.4 Å². The van der Waals surface area contributed by atoms with Crippen molar-refractivity contribution in [2.45, 2.75) is 6.92 Å². The van der Waals surface area contributed by atoms with Crippen LogP contribution >= 0.6 is 11.3 Å². The molecule has 0 atom stereocenters. The summed E-state index contributed by atoms with van der Waals surface area (Å²) < 4.78 is 0. The van der Waals surface area contributed by atoms with Gasteiger partial charge >= 0.3 is 0 Å². The van der Waals surface area contributed by atoms with Gasteiger partial charge in [-0.15, -0.1) is 11.3 Å². The molecule has 3 heterocycles. The Balaban J connectivity index is 2.14. The second-order valence-electron chi connectivity index (χ2n) is 4.70. The van der Waals surface area contributed by atoms with Gasteiger partial charge in [-0.1, -0.05) is 18.2 Å². The van der Waals surface area contributed by atoms with E-state index in [1.807, 2.05) is 24.4 Å². The van der Waals surface area contributed by atoms with E-state index in [1.54, 1.807) is 17.7 Å². The number of hydrogen-bond acceptors (Lipinski definition) is 4. The minimum absolute atomic E-state index is 0.990. The Morgan fingerprint density at radius 3 is 2.90 bits per heavy atom. The SMILES string of the molecule is Cc1csc2ncnc(-c3cccc4ncccc34)c12. The number of nitrogens with zero attached hydrogens (tertiary/aromatic N) is 3. The lowest BCUT2D eigenvalue weighted by atomic mass is 10.0. The summed E-state index contributed by atoms with van der Waals surface area (Å²) in [6.45, 7) is 2.11. The molecule has 0 saturated carbocycles. The zero-order chi connectivity index (χ0) is 13.5. The van der Waals surface area contributed by atoms with Gasteiger partial charge in [-0.2, -0.15) is 0 Å². The van der Waals surface area contributed by atoms with Gasteiger partial charge < -0.3 is 0 Å².